The van der Waals surface area contributed by atoms with Crippen molar-refractivity contribution in [3.05, 3.63) is 58.7 Å². The largest absolute Gasteiger partial charge is 0.495 e. The van der Waals surface area contributed by atoms with Crippen LogP contribution in [0.2, 0.25) is 0 Å². The maximum atomic E-state index is 12.7. The van der Waals surface area contributed by atoms with Gasteiger partial charge in [-0.05, 0) is 43.5 Å². The molecule has 2 aromatic carbocycles. The standard InChI is InChI=1S/C23H24O5/c1-5-13-6-8-14(9-7-13)18-20(24)19-17(27-22(18)25)12-16-15(21(19)26-4)10-11-23(2,3)28-16/h6-12,18,20,24H,5H2,1-4H3. The van der Waals surface area contributed by atoms with Crippen molar-refractivity contribution in [1.82, 2.24) is 0 Å². The maximum absolute atomic E-state index is 12.7. The molecular weight excluding hydrogens is 356 g/mol. The van der Waals surface area contributed by atoms with Crippen molar-refractivity contribution >= 4 is 12.0 Å². The molecule has 2 aliphatic heterocycles. The SMILES string of the molecule is CCc1ccc(C2C(=O)Oc3cc4c(c(OC)c3C2O)C=CC(C)(C)O4)cc1. The Balaban J connectivity index is 1.82. The fourth-order valence-electron chi connectivity index (χ4n) is 3.82. The molecule has 5 nitrogen and oxygen atoms in total. The molecule has 0 aliphatic carbocycles. The van der Waals surface area contributed by atoms with Gasteiger partial charge in [0, 0.05) is 6.07 Å². The van der Waals surface area contributed by atoms with Crippen LogP contribution in [0.5, 0.6) is 17.2 Å². The minimum atomic E-state index is -1.08. The minimum absolute atomic E-state index is 0.278. The van der Waals surface area contributed by atoms with E-state index in [1.807, 2.05) is 50.3 Å². The van der Waals surface area contributed by atoms with Crippen molar-refractivity contribution in [3.63, 3.8) is 0 Å². The van der Waals surface area contributed by atoms with Crippen LogP contribution in [0, 0.1) is 0 Å². The second-order valence-electron chi connectivity index (χ2n) is 7.71. The minimum Gasteiger partial charge on any atom is -0.495 e. The van der Waals surface area contributed by atoms with Crippen molar-refractivity contribution in [2.24, 2.45) is 0 Å². The molecule has 146 valence electrons. The quantitative estimate of drug-likeness (QED) is 0.639. The molecule has 0 bridgehead atoms. The van der Waals surface area contributed by atoms with Crippen LogP contribution in [0.3, 0.4) is 0 Å². The van der Waals surface area contributed by atoms with Crippen LogP contribution in [-0.2, 0) is 11.2 Å². The summed E-state index contributed by atoms with van der Waals surface area (Å²) in [4.78, 5) is 12.7. The van der Waals surface area contributed by atoms with Crippen molar-refractivity contribution in [3.8, 4) is 17.2 Å². The van der Waals surface area contributed by atoms with Gasteiger partial charge in [0.25, 0.3) is 0 Å². The first-order chi connectivity index (χ1) is 13.3. The number of esters is 1. The summed E-state index contributed by atoms with van der Waals surface area (Å²) in [6.45, 7) is 5.95. The Morgan fingerprint density at radius 3 is 2.54 bits per heavy atom. The number of aliphatic hydroxyl groups excluding tert-OH is 1. The third kappa shape index (κ3) is 2.96. The lowest BCUT2D eigenvalue weighted by Gasteiger charge is -2.34. The molecule has 1 N–H and O–H groups in total. The smallest absolute Gasteiger partial charge is 0.321 e. The highest BCUT2D eigenvalue weighted by molar-refractivity contribution is 5.86. The Morgan fingerprint density at radius 2 is 1.89 bits per heavy atom. The van der Waals surface area contributed by atoms with Gasteiger partial charge in [-0.15, -0.1) is 0 Å². The van der Waals surface area contributed by atoms with Gasteiger partial charge in [0.2, 0.25) is 0 Å². The third-order valence-electron chi connectivity index (χ3n) is 5.33. The Bertz CT molecular complexity index is 956. The number of ether oxygens (including phenoxy) is 3. The van der Waals surface area contributed by atoms with Crippen LogP contribution in [0.1, 0.15) is 55.0 Å². The number of carbonyl (C=O) groups is 1. The fourth-order valence-corrected chi connectivity index (χ4v) is 3.82. The normalized spacial score (nSPS) is 22.0. The van der Waals surface area contributed by atoms with E-state index in [0.29, 0.717) is 22.6 Å². The van der Waals surface area contributed by atoms with Gasteiger partial charge in [-0.2, -0.15) is 0 Å². The van der Waals surface area contributed by atoms with E-state index in [2.05, 4.69) is 6.92 Å². The number of fused-ring (bicyclic) bond motifs is 2. The van der Waals surface area contributed by atoms with E-state index in [0.717, 1.165) is 12.0 Å². The molecule has 28 heavy (non-hydrogen) atoms. The van der Waals surface area contributed by atoms with Gasteiger partial charge in [0.15, 0.2) is 0 Å². The second kappa shape index (κ2) is 6.67. The second-order valence-corrected chi connectivity index (χ2v) is 7.71. The van der Waals surface area contributed by atoms with Gasteiger partial charge in [0.05, 0.1) is 18.2 Å². The van der Waals surface area contributed by atoms with Crippen LogP contribution in [0.15, 0.2) is 36.4 Å². The van der Waals surface area contributed by atoms with Crippen LogP contribution >= 0.6 is 0 Å². The molecule has 0 spiro atoms. The summed E-state index contributed by atoms with van der Waals surface area (Å²) < 4.78 is 17.2. The number of aryl methyl sites for hydroxylation is 1. The number of hydrogen-bond acceptors (Lipinski definition) is 5. The molecule has 2 aliphatic rings. The van der Waals surface area contributed by atoms with Crippen LogP contribution in [-0.4, -0.2) is 23.8 Å². The van der Waals surface area contributed by atoms with Gasteiger partial charge >= 0.3 is 5.97 Å². The van der Waals surface area contributed by atoms with Crippen molar-refractivity contribution in [2.75, 3.05) is 7.11 Å². The van der Waals surface area contributed by atoms with Gasteiger partial charge in [-0.1, -0.05) is 31.2 Å². The summed E-state index contributed by atoms with van der Waals surface area (Å²) in [5.41, 5.74) is 2.61. The summed E-state index contributed by atoms with van der Waals surface area (Å²) in [5, 5.41) is 11.1. The highest BCUT2D eigenvalue weighted by Crippen LogP contribution is 2.51. The molecule has 0 radical (unpaired) electrons. The monoisotopic (exact) mass is 380 g/mol. The summed E-state index contributed by atoms with van der Waals surface area (Å²) in [7, 11) is 1.54. The van der Waals surface area contributed by atoms with E-state index in [4.69, 9.17) is 14.2 Å². The number of aliphatic hydroxyl groups is 1. The molecule has 2 aromatic rings. The summed E-state index contributed by atoms with van der Waals surface area (Å²) in [5.74, 6) is 0.0102. The van der Waals surface area contributed by atoms with Gasteiger partial charge in [-0.3, -0.25) is 4.79 Å². The fraction of sp³-hybridized carbons (Fsp3) is 0.348. The van der Waals surface area contributed by atoms with Crippen LogP contribution in [0.4, 0.5) is 0 Å². The molecule has 0 saturated carbocycles. The van der Waals surface area contributed by atoms with E-state index in [1.165, 1.54) is 12.7 Å². The van der Waals surface area contributed by atoms with Gasteiger partial charge in [0.1, 0.15) is 34.9 Å². The average molecular weight is 380 g/mol. The number of benzene rings is 2. The zero-order valence-electron chi connectivity index (χ0n) is 16.5. The topological polar surface area (TPSA) is 65.0 Å². The lowest BCUT2D eigenvalue weighted by molar-refractivity contribution is -0.141. The maximum Gasteiger partial charge on any atom is 0.321 e. The molecule has 2 heterocycles. The first kappa shape index (κ1) is 18.6. The van der Waals surface area contributed by atoms with E-state index in [9.17, 15) is 9.90 Å². The Morgan fingerprint density at radius 1 is 1.18 bits per heavy atom. The van der Waals surface area contributed by atoms with Crippen LogP contribution in [0.25, 0.3) is 6.08 Å². The Hall–Kier alpha value is -2.79. The molecule has 0 fully saturated rings. The van der Waals surface area contributed by atoms with E-state index >= 15 is 0 Å². The first-order valence-corrected chi connectivity index (χ1v) is 9.46. The summed E-state index contributed by atoms with van der Waals surface area (Å²) >= 11 is 0. The average Bonchev–Trinajstić information content (AvgIpc) is 2.66. The van der Waals surface area contributed by atoms with E-state index in [1.54, 1.807) is 6.07 Å². The molecule has 2 unspecified atom stereocenters. The number of rotatable bonds is 3. The number of methoxy groups -OCH3 is 1. The molecular formula is C23H24O5. The van der Waals surface area contributed by atoms with E-state index in [-0.39, 0.29) is 5.75 Å². The Kier molecular flexibility index (Phi) is 4.42. The zero-order valence-corrected chi connectivity index (χ0v) is 16.5. The molecule has 0 amide bonds. The molecule has 4 rings (SSSR count). The number of hydrogen-bond donors (Lipinski definition) is 1. The first-order valence-electron chi connectivity index (χ1n) is 9.46. The number of carbonyl (C=O) groups excluding carboxylic acids is 1. The summed E-state index contributed by atoms with van der Waals surface area (Å²) in [6.07, 6.45) is 3.69. The lowest BCUT2D eigenvalue weighted by atomic mass is 9.84. The van der Waals surface area contributed by atoms with Gasteiger partial charge < -0.3 is 19.3 Å². The predicted octanol–water partition coefficient (Wildman–Crippen LogP) is 4.18. The highest BCUT2D eigenvalue weighted by Gasteiger charge is 2.42. The van der Waals surface area contributed by atoms with Crippen LogP contribution < -0.4 is 14.2 Å². The van der Waals surface area contributed by atoms with Crippen molar-refractivity contribution in [1.29, 1.82) is 0 Å². The molecule has 0 saturated heterocycles. The lowest BCUT2D eigenvalue weighted by Crippen LogP contribution is -2.32. The van der Waals surface area contributed by atoms with Gasteiger partial charge in [-0.25, -0.2) is 0 Å². The van der Waals surface area contributed by atoms with E-state index < -0.39 is 23.6 Å². The molecule has 0 aromatic heterocycles. The predicted molar refractivity (Wildman–Crippen MR) is 106 cm³/mol. The Labute approximate surface area is 164 Å². The van der Waals surface area contributed by atoms with Crippen molar-refractivity contribution in [2.45, 2.75) is 44.8 Å². The molecule has 2 atom stereocenters. The third-order valence-corrected chi connectivity index (χ3v) is 5.33. The highest BCUT2D eigenvalue weighted by atomic mass is 16.5. The van der Waals surface area contributed by atoms with Crippen molar-refractivity contribution < 1.29 is 24.1 Å². The zero-order chi connectivity index (χ0) is 20.1. The summed E-state index contributed by atoms with van der Waals surface area (Å²) in [6, 6.07) is 9.34. The molecule has 5 heteroatoms.